The van der Waals surface area contributed by atoms with E-state index in [1.807, 2.05) is 143 Å². The van der Waals surface area contributed by atoms with Crippen LogP contribution < -0.4 is 10.6 Å². The first-order valence-corrected chi connectivity index (χ1v) is 30.7. The van der Waals surface area contributed by atoms with E-state index in [2.05, 4.69) is 10.6 Å². The van der Waals surface area contributed by atoms with Crippen molar-refractivity contribution in [3.05, 3.63) is 107 Å². The zero-order valence-corrected chi connectivity index (χ0v) is 50.9. The van der Waals surface area contributed by atoms with Crippen LogP contribution in [-0.4, -0.2) is 155 Å². The van der Waals surface area contributed by atoms with Gasteiger partial charge in [-0.3, -0.25) is 38.4 Å². The van der Waals surface area contributed by atoms with Gasteiger partial charge in [0, 0.05) is 99.1 Å². The van der Waals surface area contributed by atoms with Gasteiger partial charge < -0.3 is 35.1 Å². The van der Waals surface area contributed by atoms with Gasteiger partial charge in [0.1, 0.15) is 17.9 Å². The number of nitrogens with one attached hydrogen (secondary N) is 2. The van der Waals surface area contributed by atoms with Gasteiger partial charge in [0.15, 0.2) is 5.78 Å². The Balaban J connectivity index is 1.05. The number of likely N-dealkylation sites (N-methyl/N-ethyl adjacent to an activating group) is 1. The fraction of sp³-hybridized carbons (Fsp3) is 0.612. The van der Waals surface area contributed by atoms with Gasteiger partial charge in [0.2, 0.25) is 29.5 Å². The zero-order chi connectivity index (χ0) is 59.5. The van der Waals surface area contributed by atoms with Gasteiger partial charge in [0.05, 0.1) is 6.04 Å². The van der Waals surface area contributed by atoms with Crippen LogP contribution in [0.25, 0.3) is 0 Å². The van der Waals surface area contributed by atoms with E-state index in [4.69, 9.17) is 0 Å². The molecule has 15 heteroatoms. The van der Waals surface area contributed by atoms with Crippen molar-refractivity contribution in [2.75, 3.05) is 52.9 Å². The molecule has 0 aromatic heterocycles. The number of ketones is 2. The van der Waals surface area contributed by atoms with Crippen LogP contribution in [0.4, 0.5) is 0 Å². The summed E-state index contributed by atoms with van der Waals surface area (Å²) >= 11 is 0. The molecule has 0 spiro atoms. The molecule has 4 aliphatic rings. The SMILES string of the molecule is CC[C@@H](C)C(=O)N[C@H](C(=O)N1CCC[C@H]1CN(CCc1ccccc1)C(=O)[C@@H]1CCCN1C(=O)c1ccc(C(=O)C2CCC[C@H]2C(=O)N(CCc2ccccc2)C[C@@H]2CCCN2C(=O)[C@@H](CC(=O)[C@H](C)NC)C(C)(C)C)cc1)C(C)(C)C. The number of nitrogens with zero attached hydrogens (tertiary/aromatic N) is 5. The maximum atomic E-state index is 15.0. The van der Waals surface area contributed by atoms with Crippen LogP contribution in [0.2, 0.25) is 0 Å². The number of rotatable bonds is 24. The summed E-state index contributed by atoms with van der Waals surface area (Å²) < 4.78 is 0. The van der Waals surface area contributed by atoms with E-state index >= 15 is 4.79 Å². The van der Waals surface area contributed by atoms with Crippen LogP contribution in [-0.2, 0) is 41.6 Å². The molecule has 7 rings (SSSR count). The summed E-state index contributed by atoms with van der Waals surface area (Å²) in [7, 11) is 1.74. The number of likely N-dealkylation sites (tertiary alicyclic amines) is 3. The van der Waals surface area contributed by atoms with Crippen LogP contribution >= 0.6 is 0 Å². The Bertz CT molecular complexity index is 2500. The molecule has 3 heterocycles. The largest absolute Gasteiger partial charge is 0.344 e. The third-order valence-electron chi connectivity index (χ3n) is 18.3. The lowest BCUT2D eigenvalue weighted by Crippen LogP contribution is -2.58. The molecule has 446 valence electrons. The van der Waals surface area contributed by atoms with Crippen molar-refractivity contribution >= 4 is 47.0 Å². The van der Waals surface area contributed by atoms with Crippen LogP contribution in [0.3, 0.4) is 0 Å². The summed E-state index contributed by atoms with van der Waals surface area (Å²) in [6, 6.07) is 24.4. The molecule has 3 aliphatic heterocycles. The molecule has 1 saturated carbocycles. The average molecular weight is 1130 g/mol. The minimum absolute atomic E-state index is 0.00933. The second-order valence-corrected chi connectivity index (χ2v) is 26.2. The first-order valence-electron chi connectivity index (χ1n) is 30.7. The highest BCUT2D eigenvalue weighted by molar-refractivity contribution is 6.03. The summed E-state index contributed by atoms with van der Waals surface area (Å²) in [6.07, 6.45) is 7.98. The van der Waals surface area contributed by atoms with E-state index in [1.165, 1.54) is 0 Å². The minimum Gasteiger partial charge on any atom is -0.344 e. The summed E-state index contributed by atoms with van der Waals surface area (Å²) in [5.41, 5.74) is 1.93. The van der Waals surface area contributed by atoms with E-state index in [0.29, 0.717) is 115 Å². The lowest BCUT2D eigenvalue weighted by molar-refractivity contribution is -0.145. The van der Waals surface area contributed by atoms with Gasteiger partial charge in [-0.2, -0.15) is 0 Å². The minimum atomic E-state index is -0.737. The summed E-state index contributed by atoms with van der Waals surface area (Å²) in [5.74, 6) is -2.91. The molecule has 2 N–H and O–H groups in total. The molecular weight excluding hydrogens is 1030 g/mol. The Kier molecular flexibility index (Phi) is 21.9. The highest BCUT2D eigenvalue weighted by Gasteiger charge is 2.46. The van der Waals surface area contributed by atoms with Gasteiger partial charge >= 0.3 is 0 Å². The molecular formula is C67H95N7O8. The molecule has 6 amide bonds. The highest BCUT2D eigenvalue weighted by atomic mass is 16.2. The summed E-state index contributed by atoms with van der Waals surface area (Å²) in [5, 5.41) is 6.09. The Morgan fingerprint density at radius 1 is 0.585 bits per heavy atom. The second kappa shape index (κ2) is 28.4. The topological polar surface area (TPSA) is 177 Å². The molecule has 3 aromatic carbocycles. The molecule has 3 aromatic rings. The Labute approximate surface area is 489 Å². The maximum Gasteiger partial charge on any atom is 0.254 e. The number of carbonyl (C=O) groups is 8. The van der Waals surface area contributed by atoms with Crippen molar-refractivity contribution in [1.29, 1.82) is 0 Å². The van der Waals surface area contributed by atoms with Crippen molar-refractivity contribution < 1.29 is 38.4 Å². The van der Waals surface area contributed by atoms with E-state index < -0.39 is 40.7 Å². The number of amides is 6. The first kappa shape index (κ1) is 63.4. The van der Waals surface area contributed by atoms with Gasteiger partial charge in [-0.25, -0.2) is 0 Å². The van der Waals surface area contributed by atoms with Gasteiger partial charge in [-0.15, -0.1) is 0 Å². The standard InChI is InChI=1S/C67H95N7O8/c1-11-45(2)60(77)69-59(67(7,8)9)65(82)73-38-20-27-52(73)44-71(41-36-48-24-16-13-17-25-48)64(81)56-30-21-39-74(56)61(78)50-33-31-49(32-34-50)58(76)53-28-18-29-54(53)62(79)70(40-35-47-22-14-12-15-23-47)43-51-26-19-37-72(51)63(80)55(66(4,5)6)42-57(75)46(3)68-10/h12-17,22-25,31-34,45-46,51-56,59,68H,11,18-21,26-30,35-44H2,1-10H3,(H,69,77)/t45-,46+,51+,52+,53?,54-,55-,56+,59-/m1/s1. The van der Waals surface area contributed by atoms with Crippen molar-refractivity contribution in [3.8, 4) is 0 Å². The predicted molar refractivity (Wildman–Crippen MR) is 321 cm³/mol. The number of carbonyl (C=O) groups excluding carboxylic acids is 8. The zero-order valence-electron chi connectivity index (χ0n) is 50.9. The normalized spacial score (nSPS) is 21.6. The van der Waals surface area contributed by atoms with E-state index in [0.717, 1.165) is 30.4 Å². The van der Waals surface area contributed by atoms with Crippen molar-refractivity contribution in [3.63, 3.8) is 0 Å². The Morgan fingerprint density at radius 2 is 1.09 bits per heavy atom. The van der Waals surface area contributed by atoms with E-state index in [9.17, 15) is 33.6 Å². The average Bonchev–Trinajstić information content (AvgIpc) is 4.37. The van der Waals surface area contributed by atoms with Gasteiger partial charge in [-0.05, 0) is 119 Å². The highest BCUT2D eigenvalue weighted by Crippen LogP contribution is 2.38. The Morgan fingerprint density at radius 3 is 1.61 bits per heavy atom. The summed E-state index contributed by atoms with van der Waals surface area (Å²) in [6.45, 7) is 20.5. The van der Waals surface area contributed by atoms with Crippen LogP contribution in [0.1, 0.15) is 165 Å². The molecule has 82 heavy (non-hydrogen) atoms. The molecule has 1 aliphatic carbocycles. The maximum absolute atomic E-state index is 15.0. The lowest BCUT2D eigenvalue weighted by Gasteiger charge is -2.38. The molecule has 3 saturated heterocycles. The number of hydrogen-bond acceptors (Lipinski definition) is 9. The molecule has 1 unspecified atom stereocenters. The van der Waals surface area contributed by atoms with Crippen molar-refractivity contribution in [2.24, 2.45) is 34.5 Å². The molecule has 0 bridgehead atoms. The molecule has 15 nitrogen and oxygen atoms in total. The second-order valence-electron chi connectivity index (χ2n) is 26.2. The molecule has 0 radical (unpaired) electrons. The van der Waals surface area contributed by atoms with E-state index in [1.54, 1.807) is 36.2 Å². The first-order chi connectivity index (χ1) is 39.0. The number of hydrogen-bond donors (Lipinski definition) is 2. The molecule has 9 atom stereocenters. The van der Waals surface area contributed by atoms with Crippen molar-refractivity contribution in [2.45, 2.75) is 176 Å². The van der Waals surface area contributed by atoms with Crippen LogP contribution in [0, 0.1) is 34.5 Å². The van der Waals surface area contributed by atoms with E-state index in [-0.39, 0.29) is 77.5 Å². The molecule has 4 fully saturated rings. The fourth-order valence-electron chi connectivity index (χ4n) is 12.8. The quantitative estimate of drug-likeness (QED) is 0.0831. The fourth-order valence-corrected chi connectivity index (χ4v) is 12.8. The smallest absolute Gasteiger partial charge is 0.254 e. The van der Waals surface area contributed by atoms with Crippen molar-refractivity contribution in [1.82, 2.24) is 35.1 Å². The van der Waals surface area contributed by atoms with Crippen LogP contribution in [0.5, 0.6) is 0 Å². The van der Waals surface area contributed by atoms with Crippen LogP contribution in [0.15, 0.2) is 84.9 Å². The third-order valence-corrected chi connectivity index (χ3v) is 18.3. The lowest BCUT2D eigenvalue weighted by atomic mass is 9.76. The predicted octanol–water partition coefficient (Wildman–Crippen LogP) is 8.82. The number of Topliss-reactive ketones (excluding diaryl/α,β-unsaturated/α-hetero) is 2. The Hall–Kier alpha value is -6.22. The monoisotopic (exact) mass is 1130 g/mol. The van der Waals surface area contributed by atoms with Gasteiger partial charge in [-0.1, -0.05) is 135 Å². The summed E-state index contributed by atoms with van der Waals surface area (Å²) in [4.78, 5) is 124. The van der Waals surface area contributed by atoms with Gasteiger partial charge in [0.25, 0.3) is 5.91 Å². The number of benzene rings is 3. The third kappa shape index (κ3) is 15.7.